The summed E-state index contributed by atoms with van der Waals surface area (Å²) in [6.07, 6.45) is 3.45. The van der Waals surface area contributed by atoms with Crippen molar-refractivity contribution in [3.8, 4) is 0 Å². The normalized spacial score (nSPS) is 10.0. The fourth-order valence-corrected chi connectivity index (χ4v) is 1.56. The van der Waals surface area contributed by atoms with Crippen molar-refractivity contribution in [1.82, 2.24) is 0 Å². The molecule has 0 atom stereocenters. The molecule has 1 nitrogen and oxygen atoms in total. The van der Waals surface area contributed by atoms with Gasteiger partial charge in [0.05, 0.1) is 10.6 Å². The van der Waals surface area contributed by atoms with E-state index in [1.54, 1.807) is 6.08 Å². The molecule has 0 N–H and O–H groups in total. The summed E-state index contributed by atoms with van der Waals surface area (Å²) in [4.78, 5) is 11.6. The van der Waals surface area contributed by atoms with Gasteiger partial charge in [-0.2, -0.15) is 0 Å². The fourth-order valence-electron chi connectivity index (χ4n) is 1.30. The van der Waals surface area contributed by atoms with Crippen molar-refractivity contribution in [2.75, 3.05) is 0 Å². The predicted octanol–water partition coefficient (Wildman–Crippen LogP) is 4.02. The van der Waals surface area contributed by atoms with Crippen LogP contribution in [0.1, 0.15) is 29.6 Å². The molecule has 0 unspecified atom stereocenters. The van der Waals surface area contributed by atoms with Crippen LogP contribution < -0.4 is 0 Å². The van der Waals surface area contributed by atoms with Gasteiger partial charge in [-0.25, -0.2) is 4.39 Å². The minimum Gasteiger partial charge on any atom is -0.294 e. The number of ketones is 1. The fraction of sp³-hybridized carbons (Fsp3) is 0.250. The lowest BCUT2D eigenvalue weighted by molar-refractivity contribution is 0.0976. The Balaban J connectivity index is 2.77. The Morgan fingerprint density at radius 1 is 1.53 bits per heavy atom. The first-order valence-electron chi connectivity index (χ1n) is 4.75. The molecule has 0 heterocycles. The van der Waals surface area contributed by atoms with Crippen molar-refractivity contribution in [2.24, 2.45) is 0 Å². The number of hydrogen-bond donors (Lipinski definition) is 0. The van der Waals surface area contributed by atoms with Crippen LogP contribution in [0.3, 0.4) is 0 Å². The van der Waals surface area contributed by atoms with Crippen molar-refractivity contribution < 1.29 is 9.18 Å². The van der Waals surface area contributed by atoms with Crippen molar-refractivity contribution in [3.05, 3.63) is 47.3 Å². The molecule has 1 aromatic rings. The van der Waals surface area contributed by atoms with Crippen LogP contribution in [0.5, 0.6) is 0 Å². The van der Waals surface area contributed by atoms with E-state index in [4.69, 9.17) is 11.6 Å². The van der Waals surface area contributed by atoms with Crippen LogP contribution in [0.4, 0.5) is 4.39 Å². The van der Waals surface area contributed by atoms with Gasteiger partial charge >= 0.3 is 0 Å². The largest absolute Gasteiger partial charge is 0.294 e. The summed E-state index contributed by atoms with van der Waals surface area (Å²) in [6, 6.07) is 4.25. The molecule has 0 spiro atoms. The summed E-state index contributed by atoms with van der Waals surface area (Å²) in [5, 5.41) is 0.179. The van der Waals surface area contributed by atoms with Gasteiger partial charge in [0.15, 0.2) is 5.78 Å². The first kappa shape index (κ1) is 11.9. The van der Waals surface area contributed by atoms with E-state index in [0.717, 1.165) is 6.42 Å². The number of carbonyl (C=O) groups is 1. The number of Topliss-reactive ketones (excluding diaryl/α,β-unsaturated/α-hetero) is 1. The highest BCUT2D eigenvalue weighted by molar-refractivity contribution is 6.34. The highest BCUT2D eigenvalue weighted by atomic mass is 35.5. The predicted molar refractivity (Wildman–Crippen MR) is 59.8 cm³/mol. The molecular formula is C12H12ClFO. The number of benzene rings is 1. The molecule has 0 aromatic heterocycles. The third-order valence-corrected chi connectivity index (χ3v) is 2.37. The average molecular weight is 227 g/mol. The highest BCUT2D eigenvalue weighted by Crippen LogP contribution is 2.21. The zero-order valence-electron chi connectivity index (χ0n) is 8.30. The van der Waals surface area contributed by atoms with E-state index in [0.29, 0.717) is 12.8 Å². The molecule has 0 amide bonds. The molecule has 1 rings (SSSR count). The third-order valence-electron chi connectivity index (χ3n) is 2.05. The number of rotatable bonds is 5. The summed E-state index contributed by atoms with van der Waals surface area (Å²) in [7, 11) is 0. The van der Waals surface area contributed by atoms with E-state index < -0.39 is 5.82 Å². The molecule has 0 radical (unpaired) electrons. The number of halogens is 2. The first-order chi connectivity index (χ1) is 7.16. The second-order valence-corrected chi connectivity index (χ2v) is 3.61. The molecule has 1 aromatic carbocycles. The second kappa shape index (κ2) is 5.66. The van der Waals surface area contributed by atoms with Gasteiger partial charge in [0, 0.05) is 6.42 Å². The van der Waals surface area contributed by atoms with E-state index in [1.165, 1.54) is 18.2 Å². The van der Waals surface area contributed by atoms with Gasteiger partial charge in [0.2, 0.25) is 0 Å². The van der Waals surface area contributed by atoms with E-state index in [1.807, 2.05) is 0 Å². The van der Waals surface area contributed by atoms with Crippen LogP contribution in [0.25, 0.3) is 0 Å². The second-order valence-electron chi connectivity index (χ2n) is 3.20. The van der Waals surface area contributed by atoms with Gasteiger partial charge in [-0.05, 0) is 25.0 Å². The Morgan fingerprint density at radius 3 is 2.87 bits per heavy atom. The minimum atomic E-state index is -0.550. The number of carbonyl (C=O) groups excluding carboxylic acids is 1. The number of hydrogen-bond acceptors (Lipinski definition) is 1. The van der Waals surface area contributed by atoms with Crippen LogP contribution >= 0.6 is 11.6 Å². The first-order valence-corrected chi connectivity index (χ1v) is 5.12. The van der Waals surface area contributed by atoms with E-state index in [2.05, 4.69) is 6.58 Å². The van der Waals surface area contributed by atoms with E-state index in [-0.39, 0.29) is 16.4 Å². The maximum absolute atomic E-state index is 13.3. The summed E-state index contributed by atoms with van der Waals surface area (Å²) in [5.41, 5.74) is 0.00299. The molecule has 0 aliphatic carbocycles. The molecule has 15 heavy (non-hydrogen) atoms. The maximum Gasteiger partial charge on any atom is 0.167 e. The minimum absolute atomic E-state index is 0.00299. The lowest BCUT2D eigenvalue weighted by Crippen LogP contribution is -2.03. The zero-order chi connectivity index (χ0) is 11.3. The molecule has 0 fully saturated rings. The molecule has 3 heteroatoms. The standard InChI is InChI=1S/C12H12ClFO/c1-2-3-4-8-11(15)12-9(13)6-5-7-10(12)14/h2,5-7H,1,3-4,8H2. The lowest BCUT2D eigenvalue weighted by Gasteiger charge is -2.03. The molecule has 80 valence electrons. The van der Waals surface area contributed by atoms with Crippen molar-refractivity contribution in [3.63, 3.8) is 0 Å². The smallest absolute Gasteiger partial charge is 0.167 e. The number of unbranched alkanes of at least 4 members (excludes halogenated alkanes) is 1. The summed E-state index contributed by atoms with van der Waals surface area (Å²) < 4.78 is 13.3. The summed E-state index contributed by atoms with van der Waals surface area (Å²) in [5.74, 6) is -0.800. The molecular weight excluding hydrogens is 215 g/mol. The zero-order valence-corrected chi connectivity index (χ0v) is 9.06. The Labute approximate surface area is 93.6 Å². The number of allylic oxidation sites excluding steroid dienone is 1. The van der Waals surface area contributed by atoms with Crippen LogP contribution in [0.2, 0.25) is 5.02 Å². The highest BCUT2D eigenvalue weighted by Gasteiger charge is 2.14. The Hall–Kier alpha value is -1.15. The van der Waals surface area contributed by atoms with Crippen molar-refractivity contribution >= 4 is 17.4 Å². The Bertz CT molecular complexity index is 354. The monoisotopic (exact) mass is 226 g/mol. The SMILES string of the molecule is C=CCCCC(=O)c1c(F)cccc1Cl. The summed E-state index contributed by atoms with van der Waals surface area (Å²) >= 11 is 5.76. The molecule has 0 aliphatic heterocycles. The topological polar surface area (TPSA) is 17.1 Å². The van der Waals surface area contributed by atoms with Gasteiger partial charge < -0.3 is 0 Å². The molecule has 0 saturated carbocycles. The van der Waals surface area contributed by atoms with Gasteiger partial charge in [-0.1, -0.05) is 23.7 Å². The molecule has 0 aliphatic rings. The Morgan fingerprint density at radius 2 is 2.27 bits per heavy atom. The van der Waals surface area contributed by atoms with Gasteiger partial charge in [-0.3, -0.25) is 4.79 Å². The van der Waals surface area contributed by atoms with E-state index in [9.17, 15) is 9.18 Å². The lowest BCUT2D eigenvalue weighted by atomic mass is 10.0. The molecule has 0 bridgehead atoms. The Kier molecular flexibility index (Phi) is 4.50. The van der Waals surface area contributed by atoms with E-state index >= 15 is 0 Å². The average Bonchev–Trinajstić information content (AvgIpc) is 2.18. The molecule has 0 saturated heterocycles. The van der Waals surface area contributed by atoms with Gasteiger partial charge in [0.25, 0.3) is 0 Å². The van der Waals surface area contributed by atoms with Crippen LogP contribution in [-0.4, -0.2) is 5.78 Å². The van der Waals surface area contributed by atoms with Gasteiger partial charge in [-0.15, -0.1) is 6.58 Å². The van der Waals surface area contributed by atoms with Crippen LogP contribution in [0, 0.1) is 5.82 Å². The van der Waals surface area contributed by atoms with Crippen molar-refractivity contribution in [2.45, 2.75) is 19.3 Å². The quantitative estimate of drug-likeness (QED) is 0.421. The maximum atomic E-state index is 13.3. The van der Waals surface area contributed by atoms with Crippen LogP contribution in [0.15, 0.2) is 30.9 Å². The van der Waals surface area contributed by atoms with Gasteiger partial charge in [0.1, 0.15) is 5.82 Å². The van der Waals surface area contributed by atoms with Crippen molar-refractivity contribution in [1.29, 1.82) is 0 Å². The summed E-state index contributed by atoms with van der Waals surface area (Å²) in [6.45, 7) is 3.55. The van der Waals surface area contributed by atoms with Crippen LogP contribution in [-0.2, 0) is 0 Å². The third kappa shape index (κ3) is 3.17.